The fourth-order valence-electron chi connectivity index (χ4n) is 10.0. The molecule has 7 aliphatic rings. The van der Waals surface area contributed by atoms with Crippen LogP contribution in [0.4, 0.5) is 4.39 Å². The van der Waals surface area contributed by atoms with Crippen LogP contribution in [-0.4, -0.2) is 22.6 Å². The maximum absolute atomic E-state index is 12.8. The van der Waals surface area contributed by atoms with E-state index in [0.717, 1.165) is 83.9 Å². The third-order valence-electron chi connectivity index (χ3n) is 16.2. The van der Waals surface area contributed by atoms with Crippen molar-refractivity contribution in [2.75, 3.05) is 0 Å². The molecule has 0 heterocycles. The zero-order valence-corrected chi connectivity index (χ0v) is 43.6. The van der Waals surface area contributed by atoms with Crippen molar-refractivity contribution in [3.05, 3.63) is 0 Å². The standard InChI is InChI=1S/C8H15F.6C8H16.6CH4.3H2O.3H2/c1-6-3-4-7(2)8(9)5-6;6*1-7-3-5-8(2)6-4-7;;;;;;;;;;;;/h6-8H,3-5H2,1-2H3;6*7-8H,3-6H2,1-2H3;6*1H4;3*1H2;3*1H/i;;;;;;;;;;;;;;;;1+1;;. The average molecular weight is 961 g/mol. The molecule has 3 nitrogen and oxygen atoms in total. The van der Waals surface area contributed by atoms with Crippen LogP contribution in [0.3, 0.4) is 0 Å². The Bertz CT molecular complexity index is 668. The molecule has 0 spiro atoms. The summed E-state index contributed by atoms with van der Waals surface area (Å²) in [5.41, 5.74) is 0. The second-order valence-electron chi connectivity index (χ2n) is 23.6. The summed E-state index contributed by atoms with van der Waals surface area (Å²) in [6.07, 6.45) is 37.9. The number of alkyl halides is 1. The fourth-order valence-corrected chi connectivity index (χ4v) is 10.0. The molecule has 420 valence electrons. The van der Waals surface area contributed by atoms with E-state index < -0.39 is 6.17 Å². The van der Waals surface area contributed by atoms with Gasteiger partial charge in [0.15, 0.2) is 0 Å². The summed E-state index contributed by atoms with van der Waals surface area (Å²) in [7, 11) is 0. The van der Waals surface area contributed by atoms with Gasteiger partial charge in [0, 0.05) is 4.28 Å². The molecule has 3 unspecified atom stereocenters. The first kappa shape index (κ1) is 85.6. The predicted octanol–water partition coefficient (Wildman–Crippen LogP) is 21.9. The minimum Gasteiger partial charge on any atom is -0.412 e. The topological polar surface area (TPSA) is 94.5 Å². The van der Waals surface area contributed by atoms with E-state index in [0.29, 0.717) is 11.8 Å². The van der Waals surface area contributed by atoms with Gasteiger partial charge < -0.3 is 16.4 Å². The second-order valence-corrected chi connectivity index (χ2v) is 23.6. The minimum atomic E-state index is -0.520. The number of rotatable bonds is 0. The van der Waals surface area contributed by atoms with Crippen LogP contribution in [0.25, 0.3) is 0 Å². The normalized spacial score (nSPS) is 35.0. The summed E-state index contributed by atoms with van der Waals surface area (Å²) in [6, 6.07) is 0. The van der Waals surface area contributed by atoms with Gasteiger partial charge in [-0.2, -0.15) is 0 Å². The molecule has 7 fully saturated rings. The highest BCUT2D eigenvalue weighted by Gasteiger charge is 2.24. The largest absolute Gasteiger partial charge is 0.412 e. The van der Waals surface area contributed by atoms with Gasteiger partial charge in [-0.3, -0.25) is 0 Å². The van der Waals surface area contributed by atoms with Gasteiger partial charge in [0.1, 0.15) is 6.17 Å². The van der Waals surface area contributed by atoms with Crippen molar-refractivity contribution < 1.29 is 25.1 Å². The number of hydrogen-bond donors (Lipinski definition) is 0. The van der Waals surface area contributed by atoms with Crippen molar-refractivity contribution in [1.29, 1.82) is 0 Å². The highest BCUT2D eigenvalue weighted by atomic mass is 19.1. The molecule has 7 saturated carbocycles. The Hall–Kier alpha value is -0.190. The van der Waals surface area contributed by atoms with Crippen molar-refractivity contribution >= 4 is 0 Å². The van der Waals surface area contributed by atoms with Gasteiger partial charge in [-0.25, -0.2) is 4.39 Å². The summed E-state index contributed by atoms with van der Waals surface area (Å²) in [5, 5.41) is 0. The molecule has 7 aliphatic carbocycles. The van der Waals surface area contributed by atoms with Gasteiger partial charge in [-0.05, 0) is 95.7 Å². The second kappa shape index (κ2) is 51.2. The van der Waals surface area contributed by atoms with Crippen LogP contribution < -0.4 is 0 Å². The van der Waals surface area contributed by atoms with Gasteiger partial charge >= 0.3 is 0 Å². The molecule has 0 aromatic rings. The molecule has 0 bridgehead atoms. The van der Waals surface area contributed by atoms with Crippen LogP contribution in [0.15, 0.2) is 0 Å². The molecular weight excluding hydrogens is 812 g/mol. The van der Waals surface area contributed by atoms with E-state index in [-0.39, 0.29) is 65.3 Å². The van der Waals surface area contributed by atoms with Gasteiger partial charge in [0.25, 0.3) is 0 Å². The molecule has 0 radical (unpaired) electrons. The quantitative estimate of drug-likeness (QED) is 0.231. The Morgan fingerprint density at radius 3 is 0.424 bits per heavy atom. The average Bonchev–Trinajstić information content (AvgIpc) is 3.19. The van der Waals surface area contributed by atoms with Crippen molar-refractivity contribution in [2.45, 2.75) is 321 Å². The summed E-state index contributed by atoms with van der Waals surface area (Å²) >= 11 is 0. The lowest BCUT2D eigenvalue weighted by atomic mass is 9.83. The van der Waals surface area contributed by atoms with Gasteiger partial charge in [0.05, 0.1) is 0 Å². The first-order valence-corrected chi connectivity index (χ1v) is 26.6. The van der Waals surface area contributed by atoms with Crippen molar-refractivity contribution in [1.82, 2.24) is 0 Å². The lowest BCUT2D eigenvalue weighted by Crippen LogP contribution is -2.22. The van der Waals surface area contributed by atoms with Gasteiger partial charge in [0.2, 0.25) is 0 Å². The third kappa shape index (κ3) is 47.5. The number of hydrogen-bond acceptors (Lipinski definition) is 0. The monoisotopic (exact) mass is 960 g/mol. The van der Waals surface area contributed by atoms with Gasteiger partial charge in [-0.1, -0.05) is 302 Å². The third-order valence-corrected chi connectivity index (χ3v) is 16.2. The Balaban J connectivity index is -0.0000000534. The molecule has 4 heteroatoms. The molecular formula is C62H147FO3. The first-order chi connectivity index (χ1) is 26.9. The molecule has 0 saturated heterocycles. The Morgan fingerprint density at radius 1 is 0.227 bits per heavy atom. The molecule has 0 aromatic heterocycles. The Labute approximate surface area is 427 Å². The smallest absolute Gasteiger partial charge is 0.103 e. The van der Waals surface area contributed by atoms with Crippen molar-refractivity contribution in [3.8, 4) is 0 Å². The van der Waals surface area contributed by atoms with E-state index in [1.165, 1.54) is 161 Å². The summed E-state index contributed by atoms with van der Waals surface area (Å²) < 4.78 is 12.8. The van der Waals surface area contributed by atoms with E-state index >= 15 is 0 Å². The van der Waals surface area contributed by atoms with Crippen LogP contribution in [0.5, 0.6) is 0 Å². The maximum Gasteiger partial charge on any atom is 0.103 e. The lowest BCUT2D eigenvalue weighted by molar-refractivity contribution is 0.145. The molecule has 66 heavy (non-hydrogen) atoms. The van der Waals surface area contributed by atoms with E-state index in [1.54, 1.807) is 0 Å². The summed E-state index contributed by atoms with van der Waals surface area (Å²) in [4.78, 5) is 0. The van der Waals surface area contributed by atoms with E-state index in [1.807, 2.05) is 6.92 Å². The molecule has 0 aromatic carbocycles. The lowest BCUT2D eigenvalue weighted by Gasteiger charge is -2.26. The molecule has 0 amide bonds. The van der Waals surface area contributed by atoms with Crippen LogP contribution in [0, 0.1) is 82.9 Å². The molecule has 0 aliphatic heterocycles. The first-order valence-electron chi connectivity index (χ1n) is 26.6. The van der Waals surface area contributed by atoms with Crippen LogP contribution >= 0.6 is 0 Å². The summed E-state index contributed by atoms with van der Waals surface area (Å²) in [5.74, 6) is 13.2. The Kier molecular flexibility index (Phi) is 66.4. The molecule has 7 rings (SSSR count). The molecule has 6 N–H and O–H groups in total. The molecule has 3 atom stereocenters. The van der Waals surface area contributed by atoms with Crippen molar-refractivity contribution in [3.63, 3.8) is 0 Å². The minimum absolute atomic E-state index is 0. The van der Waals surface area contributed by atoms with E-state index in [9.17, 15) is 4.39 Å². The Morgan fingerprint density at radius 2 is 0.333 bits per heavy atom. The van der Waals surface area contributed by atoms with Crippen LogP contribution in [0.1, 0.15) is 319 Å². The zero-order chi connectivity index (χ0) is 42.8. The maximum atomic E-state index is 12.8. The van der Waals surface area contributed by atoms with Crippen LogP contribution in [-0.2, 0) is 0 Å². The zero-order valence-electron chi connectivity index (χ0n) is 43.6. The summed E-state index contributed by atoms with van der Waals surface area (Å²) in [6.45, 7) is 32.6. The van der Waals surface area contributed by atoms with E-state index in [4.69, 9.17) is 0 Å². The predicted molar refractivity (Wildman–Crippen MR) is 315 cm³/mol. The highest BCUT2D eigenvalue weighted by Crippen LogP contribution is 2.32. The van der Waals surface area contributed by atoms with Gasteiger partial charge in [-0.15, -0.1) is 0 Å². The number of halogens is 1. The highest BCUT2D eigenvalue weighted by molar-refractivity contribution is 4.75. The fraction of sp³-hybridized carbons (Fsp3) is 1.00. The SMILES string of the molecule is C.C.C.C.C.C.CC1CCC(C)C(F)C1.CC1CCC(C)CC1.CC1CCC(C)CC1.CC1CCC(C)CC1.CC1CCC(C)CC1.CC1CCC(C)CC1.CC1CCC(C)CC1.O.O.O.[2HH].[HH].[HH]. The van der Waals surface area contributed by atoms with Crippen molar-refractivity contribution in [2.24, 2.45) is 82.9 Å². The van der Waals surface area contributed by atoms with Crippen LogP contribution in [0.2, 0.25) is 0 Å². The van der Waals surface area contributed by atoms with E-state index in [2.05, 4.69) is 90.0 Å².